The average molecular weight is 385 g/mol. The molecular weight excluding hydrogens is 348 g/mol. The molecule has 1 aliphatic carbocycles. The van der Waals surface area contributed by atoms with E-state index in [1.54, 1.807) is 0 Å². The normalized spacial score (nSPS) is 25.0. The van der Waals surface area contributed by atoms with Crippen LogP contribution in [0.5, 0.6) is 0 Å². The van der Waals surface area contributed by atoms with Gasteiger partial charge >= 0.3 is 0 Å². The van der Waals surface area contributed by atoms with Crippen molar-refractivity contribution in [3.05, 3.63) is 35.4 Å². The molecule has 3 atom stereocenters. The third-order valence-corrected chi connectivity index (χ3v) is 6.85. The van der Waals surface area contributed by atoms with Gasteiger partial charge in [-0.2, -0.15) is 0 Å². The van der Waals surface area contributed by atoms with Gasteiger partial charge in [-0.1, -0.05) is 58.9 Å². The lowest BCUT2D eigenvalue weighted by molar-refractivity contribution is -0.137. The Balaban J connectivity index is 1.61. The van der Waals surface area contributed by atoms with Crippen LogP contribution in [0.25, 0.3) is 0 Å². The summed E-state index contributed by atoms with van der Waals surface area (Å²) in [7, 11) is 0. The van der Waals surface area contributed by atoms with Crippen molar-refractivity contribution in [3.63, 3.8) is 0 Å². The van der Waals surface area contributed by atoms with Gasteiger partial charge in [-0.25, -0.2) is 0 Å². The number of benzene rings is 1. The van der Waals surface area contributed by atoms with Crippen LogP contribution in [-0.4, -0.2) is 36.3 Å². The molecule has 0 radical (unpaired) electrons. The molecule has 2 unspecified atom stereocenters. The van der Waals surface area contributed by atoms with E-state index in [0.29, 0.717) is 18.9 Å². The van der Waals surface area contributed by atoms with Crippen molar-refractivity contribution >= 4 is 11.8 Å². The summed E-state index contributed by atoms with van der Waals surface area (Å²) in [4.78, 5) is 26.6. The lowest BCUT2D eigenvalue weighted by atomic mass is 9.82. The van der Waals surface area contributed by atoms with Crippen LogP contribution < -0.4 is 5.32 Å². The monoisotopic (exact) mass is 384 g/mol. The van der Waals surface area contributed by atoms with Crippen LogP contribution in [0, 0.1) is 11.8 Å². The van der Waals surface area contributed by atoms with Gasteiger partial charge in [0.1, 0.15) is 0 Å². The van der Waals surface area contributed by atoms with Gasteiger partial charge in [0.15, 0.2) is 0 Å². The van der Waals surface area contributed by atoms with Gasteiger partial charge in [0.2, 0.25) is 11.8 Å². The summed E-state index contributed by atoms with van der Waals surface area (Å²) in [6, 6.07) is 9.18. The fourth-order valence-electron chi connectivity index (χ4n) is 4.64. The van der Waals surface area contributed by atoms with E-state index in [1.165, 1.54) is 17.5 Å². The maximum Gasteiger partial charge on any atom is 0.227 e. The highest BCUT2D eigenvalue weighted by Crippen LogP contribution is 2.59. The molecule has 3 rings (SSSR count). The van der Waals surface area contributed by atoms with Crippen LogP contribution in [0.4, 0.5) is 0 Å². The Bertz CT molecular complexity index is 719. The van der Waals surface area contributed by atoms with Crippen molar-refractivity contribution < 1.29 is 9.59 Å². The van der Waals surface area contributed by atoms with Gasteiger partial charge < -0.3 is 10.2 Å². The molecule has 1 heterocycles. The number of piperidine rings is 1. The third kappa shape index (κ3) is 4.11. The second-order valence-corrected chi connectivity index (χ2v) is 9.68. The Morgan fingerprint density at radius 1 is 1.21 bits per heavy atom. The zero-order valence-electron chi connectivity index (χ0n) is 18.2. The third-order valence-electron chi connectivity index (χ3n) is 6.85. The van der Waals surface area contributed by atoms with Gasteiger partial charge in [-0.3, -0.25) is 9.59 Å². The summed E-state index contributed by atoms with van der Waals surface area (Å²) < 4.78 is 0. The number of hydrogen-bond acceptors (Lipinski definition) is 2. The van der Waals surface area contributed by atoms with Crippen LogP contribution in [0.1, 0.15) is 71.4 Å². The van der Waals surface area contributed by atoms with E-state index >= 15 is 0 Å². The smallest absolute Gasteiger partial charge is 0.227 e. The van der Waals surface area contributed by atoms with Gasteiger partial charge in [0.05, 0.1) is 5.92 Å². The maximum atomic E-state index is 13.0. The highest BCUT2D eigenvalue weighted by atomic mass is 16.2. The molecule has 1 saturated carbocycles. The first-order valence-corrected chi connectivity index (χ1v) is 10.9. The number of nitrogens with one attached hydrogen (secondary N) is 1. The van der Waals surface area contributed by atoms with E-state index in [4.69, 9.17) is 0 Å². The van der Waals surface area contributed by atoms with Crippen molar-refractivity contribution in [2.45, 2.75) is 71.1 Å². The largest absolute Gasteiger partial charge is 0.355 e. The number of amides is 2. The molecule has 154 valence electrons. The van der Waals surface area contributed by atoms with Crippen molar-refractivity contribution in [1.82, 2.24) is 10.2 Å². The van der Waals surface area contributed by atoms with Crippen LogP contribution in [0.2, 0.25) is 0 Å². The molecule has 0 aromatic heterocycles. The summed E-state index contributed by atoms with van der Waals surface area (Å²) in [5.74, 6) is 0.702. The lowest BCUT2D eigenvalue weighted by Gasteiger charge is -2.34. The molecule has 0 bridgehead atoms. The van der Waals surface area contributed by atoms with E-state index in [2.05, 4.69) is 50.4 Å². The Hall–Kier alpha value is -1.84. The summed E-state index contributed by atoms with van der Waals surface area (Å²) >= 11 is 0. The second-order valence-electron chi connectivity index (χ2n) is 9.68. The van der Waals surface area contributed by atoms with Crippen molar-refractivity contribution in [1.29, 1.82) is 0 Å². The minimum absolute atomic E-state index is 0.0183. The van der Waals surface area contributed by atoms with Gasteiger partial charge in [-0.15, -0.1) is 0 Å². The van der Waals surface area contributed by atoms with Crippen LogP contribution in [0.15, 0.2) is 24.3 Å². The predicted octanol–water partition coefficient (Wildman–Crippen LogP) is 4.03. The number of nitrogens with zero attached hydrogens (tertiary/aromatic N) is 1. The number of carbonyl (C=O) groups is 2. The van der Waals surface area contributed by atoms with E-state index in [-0.39, 0.29) is 28.6 Å². The van der Waals surface area contributed by atoms with Crippen molar-refractivity contribution in [2.24, 2.45) is 11.8 Å². The Morgan fingerprint density at radius 2 is 1.89 bits per heavy atom. The molecular formula is C24H36N2O2. The molecule has 1 saturated heterocycles. The van der Waals surface area contributed by atoms with E-state index in [1.807, 2.05) is 18.7 Å². The van der Waals surface area contributed by atoms with Gasteiger partial charge in [0, 0.05) is 31.5 Å². The minimum atomic E-state index is -0.104. The lowest BCUT2D eigenvalue weighted by Crippen LogP contribution is -2.46. The molecule has 2 aliphatic rings. The number of hydrogen-bond donors (Lipinski definition) is 1. The fraction of sp³-hybridized carbons (Fsp3) is 0.667. The minimum Gasteiger partial charge on any atom is -0.355 e. The first-order chi connectivity index (χ1) is 13.2. The Morgan fingerprint density at radius 3 is 2.43 bits per heavy atom. The molecule has 1 aromatic rings. The van der Waals surface area contributed by atoms with E-state index in [9.17, 15) is 9.59 Å². The molecule has 2 fully saturated rings. The Labute approximate surface area is 170 Å². The van der Waals surface area contributed by atoms with E-state index < -0.39 is 0 Å². The molecule has 4 heteroatoms. The average Bonchev–Trinajstić information content (AvgIpc) is 3.42. The molecule has 1 N–H and O–H groups in total. The molecule has 1 aliphatic heterocycles. The van der Waals surface area contributed by atoms with Crippen LogP contribution >= 0.6 is 0 Å². The Kier molecular flexibility index (Phi) is 5.88. The van der Waals surface area contributed by atoms with Gasteiger partial charge in [-0.05, 0) is 41.7 Å². The molecule has 1 aromatic carbocycles. The first-order valence-electron chi connectivity index (χ1n) is 10.9. The molecule has 28 heavy (non-hydrogen) atoms. The SMILES string of the molecule is CCC(=O)NC[C@@H](CC)C(=O)N1CCC2(c3ccc(C(C)(C)C)cc3)CC2C1. The molecule has 0 spiro atoms. The predicted molar refractivity (Wildman–Crippen MR) is 113 cm³/mol. The first kappa shape index (κ1) is 20.9. The number of rotatable bonds is 6. The standard InChI is InChI=1S/C24H36N2O2/c1-6-17(15-25-21(27)7-2)22(28)26-13-12-24(14-20(24)16-26)19-10-8-18(9-11-19)23(3,4)5/h8-11,17,20H,6-7,12-16H2,1-5H3,(H,25,27)/t17-,20?,24?/m1/s1. The van der Waals surface area contributed by atoms with Crippen LogP contribution in [-0.2, 0) is 20.4 Å². The summed E-state index contributed by atoms with van der Waals surface area (Å²) in [6.07, 6.45) is 3.47. The van der Waals surface area contributed by atoms with Gasteiger partial charge in [0.25, 0.3) is 0 Å². The summed E-state index contributed by atoms with van der Waals surface area (Å²) in [6.45, 7) is 12.8. The summed E-state index contributed by atoms with van der Waals surface area (Å²) in [5, 5.41) is 2.89. The molecule has 2 amide bonds. The quantitative estimate of drug-likeness (QED) is 0.805. The maximum absolute atomic E-state index is 13.0. The van der Waals surface area contributed by atoms with Crippen LogP contribution in [0.3, 0.4) is 0 Å². The molecule has 4 nitrogen and oxygen atoms in total. The van der Waals surface area contributed by atoms with Crippen molar-refractivity contribution in [2.75, 3.05) is 19.6 Å². The highest BCUT2D eigenvalue weighted by Gasteiger charge is 2.58. The fourth-order valence-corrected chi connectivity index (χ4v) is 4.64. The number of carbonyl (C=O) groups excluding carboxylic acids is 2. The number of likely N-dealkylation sites (tertiary alicyclic amines) is 1. The zero-order chi connectivity index (χ0) is 20.5. The topological polar surface area (TPSA) is 49.4 Å². The second kappa shape index (κ2) is 7.88. The highest BCUT2D eigenvalue weighted by molar-refractivity contribution is 5.81. The van der Waals surface area contributed by atoms with Crippen molar-refractivity contribution in [3.8, 4) is 0 Å². The van der Waals surface area contributed by atoms with E-state index in [0.717, 1.165) is 25.9 Å². The summed E-state index contributed by atoms with van der Waals surface area (Å²) in [5.41, 5.74) is 3.28. The number of fused-ring (bicyclic) bond motifs is 1. The zero-order valence-corrected chi connectivity index (χ0v) is 18.2.